The van der Waals surface area contributed by atoms with E-state index in [1.165, 1.54) is 4.90 Å². The lowest BCUT2D eigenvalue weighted by atomic mass is 10.0. The summed E-state index contributed by atoms with van der Waals surface area (Å²) < 4.78 is 0. The molecule has 0 atom stereocenters. The van der Waals surface area contributed by atoms with Gasteiger partial charge in [0.25, 0.3) is 0 Å². The molecule has 1 N–H and O–H groups in total. The molecule has 1 heterocycles. The number of hydrogen-bond donors (Lipinski definition) is 1. The summed E-state index contributed by atoms with van der Waals surface area (Å²) in [6.45, 7) is 2.85. The third-order valence-corrected chi connectivity index (χ3v) is 4.29. The second-order valence-electron chi connectivity index (χ2n) is 5.75. The van der Waals surface area contributed by atoms with Crippen molar-refractivity contribution in [2.24, 2.45) is 0 Å². The van der Waals surface area contributed by atoms with E-state index in [0.717, 1.165) is 16.8 Å². The minimum Gasteiger partial charge on any atom is -0.507 e. The number of likely N-dealkylation sites (tertiary alicyclic amines) is 1. The van der Waals surface area contributed by atoms with Crippen molar-refractivity contribution in [2.75, 3.05) is 18.1 Å². The number of nitrogens with zero attached hydrogens (tertiary/aromatic N) is 2. The van der Waals surface area contributed by atoms with Gasteiger partial charge in [0.2, 0.25) is 11.8 Å². The molecule has 0 spiro atoms. The van der Waals surface area contributed by atoms with Crippen LogP contribution in [0.15, 0.2) is 48.5 Å². The molecule has 2 amide bonds. The topological polar surface area (TPSA) is 60.9 Å². The van der Waals surface area contributed by atoms with Crippen LogP contribution in [0.25, 0.3) is 11.1 Å². The van der Waals surface area contributed by atoms with E-state index in [1.807, 2.05) is 48.2 Å². The Hall–Kier alpha value is -2.82. The van der Waals surface area contributed by atoms with Crippen LogP contribution in [0, 0.1) is 0 Å². The van der Waals surface area contributed by atoms with Gasteiger partial charge in [-0.3, -0.25) is 14.5 Å². The Kier molecular flexibility index (Phi) is 4.51. The molecule has 5 nitrogen and oxygen atoms in total. The molecule has 0 aromatic heterocycles. The molecule has 1 fully saturated rings. The summed E-state index contributed by atoms with van der Waals surface area (Å²) in [5.41, 5.74) is 2.48. The standard InChI is InChI=1S/C19H20N2O3/c1-2-20(13-21-18(23)11-12-19(21)24)16-9-5-3-7-14(16)15-8-4-6-10-17(15)22/h3-10,22H,2,11-13H2,1H3. The first-order valence-corrected chi connectivity index (χ1v) is 8.07. The molecule has 0 radical (unpaired) electrons. The number of para-hydroxylation sites is 2. The van der Waals surface area contributed by atoms with Gasteiger partial charge in [0, 0.05) is 36.2 Å². The quantitative estimate of drug-likeness (QED) is 0.859. The van der Waals surface area contributed by atoms with Gasteiger partial charge in [-0.15, -0.1) is 0 Å². The van der Waals surface area contributed by atoms with Crippen LogP contribution in [-0.4, -0.2) is 35.0 Å². The second-order valence-corrected chi connectivity index (χ2v) is 5.75. The number of amides is 2. The highest BCUT2D eigenvalue weighted by molar-refractivity contribution is 6.02. The van der Waals surface area contributed by atoms with Gasteiger partial charge in [0.15, 0.2) is 0 Å². The number of phenols is 1. The van der Waals surface area contributed by atoms with Crippen molar-refractivity contribution in [1.82, 2.24) is 4.90 Å². The number of hydrogen-bond acceptors (Lipinski definition) is 4. The summed E-state index contributed by atoms with van der Waals surface area (Å²) in [4.78, 5) is 27.1. The Bertz CT molecular complexity index is 757. The molecule has 2 aromatic carbocycles. The van der Waals surface area contributed by atoms with E-state index in [9.17, 15) is 14.7 Å². The van der Waals surface area contributed by atoms with Crippen molar-refractivity contribution in [3.63, 3.8) is 0 Å². The third kappa shape index (κ3) is 2.97. The number of carbonyl (C=O) groups is 2. The number of carbonyl (C=O) groups excluding carboxylic acids is 2. The molecular formula is C19H20N2O3. The average Bonchev–Trinajstić information content (AvgIpc) is 2.92. The molecular weight excluding hydrogens is 304 g/mol. The predicted octanol–water partition coefficient (Wildman–Crippen LogP) is 2.99. The monoisotopic (exact) mass is 324 g/mol. The molecule has 24 heavy (non-hydrogen) atoms. The van der Waals surface area contributed by atoms with Gasteiger partial charge in [0.1, 0.15) is 12.4 Å². The molecule has 0 unspecified atom stereocenters. The first-order chi connectivity index (χ1) is 11.6. The lowest BCUT2D eigenvalue weighted by molar-refractivity contribution is -0.138. The van der Waals surface area contributed by atoms with Crippen molar-refractivity contribution in [3.8, 4) is 16.9 Å². The van der Waals surface area contributed by atoms with Crippen LogP contribution in [0.4, 0.5) is 5.69 Å². The van der Waals surface area contributed by atoms with Crippen molar-refractivity contribution >= 4 is 17.5 Å². The molecule has 1 aliphatic rings. The molecule has 0 aliphatic carbocycles. The largest absolute Gasteiger partial charge is 0.507 e. The van der Waals surface area contributed by atoms with Crippen LogP contribution in [0.3, 0.4) is 0 Å². The fraction of sp³-hybridized carbons (Fsp3) is 0.263. The van der Waals surface area contributed by atoms with E-state index < -0.39 is 0 Å². The van der Waals surface area contributed by atoms with Gasteiger partial charge in [-0.2, -0.15) is 0 Å². The highest BCUT2D eigenvalue weighted by Crippen LogP contribution is 2.36. The fourth-order valence-electron chi connectivity index (χ4n) is 2.98. The Balaban J connectivity index is 1.97. The first kappa shape index (κ1) is 16.1. The van der Waals surface area contributed by atoms with Gasteiger partial charge in [-0.05, 0) is 19.1 Å². The lowest BCUT2D eigenvalue weighted by Crippen LogP contribution is -2.41. The maximum atomic E-state index is 11.9. The van der Waals surface area contributed by atoms with E-state index in [1.54, 1.807) is 12.1 Å². The van der Waals surface area contributed by atoms with Crippen LogP contribution < -0.4 is 4.90 Å². The van der Waals surface area contributed by atoms with Gasteiger partial charge in [0.05, 0.1) is 0 Å². The number of anilines is 1. The third-order valence-electron chi connectivity index (χ3n) is 4.29. The smallest absolute Gasteiger partial charge is 0.231 e. The second kappa shape index (κ2) is 6.74. The molecule has 3 rings (SSSR count). The lowest BCUT2D eigenvalue weighted by Gasteiger charge is -2.29. The molecule has 2 aromatic rings. The molecule has 5 heteroatoms. The Morgan fingerprint density at radius 3 is 2.17 bits per heavy atom. The summed E-state index contributed by atoms with van der Waals surface area (Å²) in [5.74, 6) is -0.0497. The number of imide groups is 1. The van der Waals surface area contributed by atoms with Gasteiger partial charge in [-0.25, -0.2) is 0 Å². The molecule has 0 saturated carbocycles. The van der Waals surface area contributed by atoms with E-state index in [-0.39, 0.29) is 37.1 Å². The van der Waals surface area contributed by atoms with E-state index in [4.69, 9.17) is 0 Å². The normalized spacial score (nSPS) is 14.3. The minimum absolute atomic E-state index is 0.126. The molecule has 1 saturated heterocycles. The summed E-state index contributed by atoms with van der Waals surface area (Å²) in [7, 11) is 0. The van der Waals surface area contributed by atoms with Crippen molar-refractivity contribution < 1.29 is 14.7 Å². The Morgan fingerprint density at radius 1 is 0.958 bits per heavy atom. The van der Waals surface area contributed by atoms with E-state index in [2.05, 4.69) is 0 Å². The highest BCUT2D eigenvalue weighted by atomic mass is 16.3. The highest BCUT2D eigenvalue weighted by Gasteiger charge is 2.30. The zero-order chi connectivity index (χ0) is 17.1. The van der Waals surface area contributed by atoms with Crippen LogP contribution in [0.1, 0.15) is 19.8 Å². The van der Waals surface area contributed by atoms with E-state index >= 15 is 0 Å². The summed E-state index contributed by atoms with van der Waals surface area (Å²) in [5, 5.41) is 10.2. The van der Waals surface area contributed by atoms with Crippen LogP contribution >= 0.6 is 0 Å². The molecule has 124 valence electrons. The number of rotatable bonds is 5. The summed E-state index contributed by atoms with van der Waals surface area (Å²) in [6.07, 6.45) is 0.578. The Morgan fingerprint density at radius 2 is 1.54 bits per heavy atom. The predicted molar refractivity (Wildman–Crippen MR) is 92.5 cm³/mol. The first-order valence-electron chi connectivity index (χ1n) is 8.07. The zero-order valence-electron chi connectivity index (χ0n) is 13.6. The van der Waals surface area contributed by atoms with Crippen molar-refractivity contribution in [3.05, 3.63) is 48.5 Å². The average molecular weight is 324 g/mol. The SMILES string of the molecule is CCN(CN1C(=O)CCC1=O)c1ccccc1-c1ccccc1O. The van der Waals surface area contributed by atoms with E-state index in [0.29, 0.717) is 6.54 Å². The summed E-state index contributed by atoms with van der Waals surface area (Å²) >= 11 is 0. The van der Waals surface area contributed by atoms with Gasteiger partial charge < -0.3 is 10.0 Å². The molecule has 0 bridgehead atoms. The zero-order valence-corrected chi connectivity index (χ0v) is 13.6. The maximum Gasteiger partial charge on any atom is 0.231 e. The fourth-order valence-corrected chi connectivity index (χ4v) is 2.98. The number of aromatic hydroxyl groups is 1. The minimum atomic E-state index is -0.126. The van der Waals surface area contributed by atoms with Gasteiger partial charge >= 0.3 is 0 Å². The van der Waals surface area contributed by atoms with Crippen LogP contribution in [-0.2, 0) is 9.59 Å². The summed E-state index contributed by atoms with van der Waals surface area (Å²) in [6, 6.07) is 14.8. The molecule has 1 aliphatic heterocycles. The van der Waals surface area contributed by atoms with Crippen LogP contribution in [0.5, 0.6) is 5.75 Å². The van der Waals surface area contributed by atoms with Crippen molar-refractivity contribution in [2.45, 2.75) is 19.8 Å². The number of phenolic OH excluding ortho intramolecular Hbond substituents is 1. The van der Waals surface area contributed by atoms with Gasteiger partial charge in [-0.1, -0.05) is 36.4 Å². The maximum absolute atomic E-state index is 11.9. The van der Waals surface area contributed by atoms with Crippen molar-refractivity contribution in [1.29, 1.82) is 0 Å². The number of benzene rings is 2. The Labute approximate surface area is 141 Å². The van der Waals surface area contributed by atoms with Crippen LogP contribution in [0.2, 0.25) is 0 Å².